The molecule has 0 saturated heterocycles. The van der Waals surface area contributed by atoms with E-state index in [1.54, 1.807) is 12.1 Å². The van der Waals surface area contributed by atoms with Crippen molar-refractivity contribution in [2.45, 2.75) is 0 Å². The molecule has 0 aliphatic rings. The Morgan fingerprint density at radius 1 is 0.964 bits per heavy atom. The Balaban J connectivity index is 1.68. The van der Waals surface area contributed by atoms with Crippen molar-refractivity contribution in [1.82, 2.24) is 5.32 Å². The van der Waals surface area contributed by atoms with Crippen molar-refractivity contribution in [3.05, 3.63) is 93.5 Å². The van der Waals surface area contributed by atoms with E-state index in [0.29, 0.717) is 5.56 Å². The molecule has 3 aromatic rings. The van der Waals surface area contributed by atoms with Crippen LogP contribution in [-0.2, 0) is 0 Å². The third kappa shape index (κ3) is 4.70. The SMILES string of the molecule is O=C(NC(=S)Nc1ccc(Cl)cc1[N+](=O)[O-])c1ccc(-c2ccccc2)cc1. The van der Waals surface area contributed by atoms with Crippen molar-refractivity contribution < 1.29 is 9.72 Å². The van der Waals surface area contributed by atoms with Crippen LogP contribution in [0.1, 0.15) is 10.4 Å². The summed E-state index contributed by atoms with van der Waals surface area (Å²) in [5.74, 6) is -0.422. The number of nitrogens with one attached hydrogen (secondary N) is 2. The molecule has 0 fully saturated rings. The first-order valence-electron chi connectivity index (χ1n) is 8.16. The maximum atomic E-state index is 12.4. The van der Waals surface area contributed by atoms with E-state index < -0.39 is 10.8 Å². The van der Waals surface area contributed by atoms with Gasteiger partial charge in [0.15, 0.2) is 5.11 Å². The van der Waals surface area contributed by atoms with Crippen molar-refractivity contribution in [1.29, 1.82) is 0 Å². The first kappa shape index (κ1) is 19.5. The molecule has 0 radical (unpaired) electrons. The lowest BCUT2D eigenvalue weighted by atomic mass is 10.0. The average molecular weight is 412 g/mol. The first-order valence-corrected chi connectivity index (χ1v) is 8.94. The molecule has 0 spiro atoms. The van der Waals surface area contributed by atoms with Crippen LogP contribution < -0.4 is 10.6 Å². The Morgan fingerprint density at radius 2 is 1.61 bits per heavy atom. The number of carbonyl (C=O) groups is 1. The molecule has 0 aliphatic heterocycles. The largest absolute Gasteiger partial charge is 0.327 e. The van der Waals surface area contributed by atoms with Gasteiger partial charge in [-0.25, -0.2) is 0 Å². The number of carbonyl (C=O) groups excluding carboxylic acids is 1. The minimum atomic E-state index is -0.582. The zero-order chi connectivity index (χ0) is 20.1. The van der Waals surface area contributed by atoms with Crippen molar-refractivity contribution in [2.75, 3.05) is 5.32 Å². The van der Waals surface area contributed by atoms with Gasteiger partial charge < -0.3 is 5.32 Å². The van der Waals surface area contributed by atoms with E-state index in [9.17, 15) is 14.9 Å². The van der Waals surface area contributed by atoms with Gasteiger partial charge in [0.05, 0.1) is 4.92 Å². The molecule has 0 heterocycles. The summed E-state index contributed by atoms with van der Waals surface area (Å²) in [7, 11) is 0. The average Bonchev–Trinajstić information content (AvgIpc) is 2.70. The second-order valence-electron chi connectivity index (χ2n) is 5.77. The minimum Gasteiger partial charge on any atom is -0.327 e. The topological polar surface area (TPSA) is 84.3 Å². The fraction of sp³-hybridized carbons (Fsp3) is 0. The number of benzene rings is 3. The zero-order valence-electron chi connectivity index (χ0n) is 14.4. The Bertz CT molecular complexity index is 1040. The van der Waals surface area contributed by atoms with Gasteiger partial charge in [0.2, 0.25) is 0 Å². The molecule has 3 aromatic carbocycles. The number of thiocarbonyl (C=S) groups is 1. The molecule has 0 saturated carbocycles. The van der Waals surface area contributed by atoms with Gasteiger partial charge in [0, 0.05) is 16.7 Å². The molecule has 0 bridgehead atoms. The maximum Gasteiger partial charge on any atom is 0.294 e. The van der Waals surface area contributed by atoms with Gasteiger partial charge in [-0.15, -0.1) is 0 Å². The molecule has 140 valence electrons. The molecular weight excluding hydrogens is 398 g/mol. The summed E-state index contributed by atoms with van der Waals surface area (Å²) < 4.78 is 0. The zero-order valence-corrected chi connectivity index (χ0v) is 16.0. The summed E-state index contributed by atoms with van der Waals surface area (Å²) in [4.78, 5) is 22.9. The van der Waals surface area contributed by atoms with E-state index in [-0.39, 0.29) is 21.5 Å². The monoisotopic (exact) mass is 411 g/mol. The lowest BCUT2D eigenvalue weighted by molar-refractivity contribution is -0.383. The third-order valence-corrected chi connectivity index (χ3v) is 4.33. The highest BCUT2D eigenvalue weighted by atomic mass is 35.5. The molecule has 8 heteroatoms. The lowest BCUT2D eigenvalue weighted by Crippen LogP contribution is -2.34. The van der Waals surface area contributed by atoms with Crippen LogP contribution in [-0.4, -0.2) is 15.9 Å². The van der Waals surface area contributed by atoms with Crippen LogP contribution in [0.15, 0.2) is 72.8 Å². The number of rotatable bonds is 4. The van der Waals surface area contributed by atoms with Crippen LogP contribution >= 0.6 is 23.8 Å². The van der Waals surface area contributed by atoms with Crippen molar-refractivity contribution >= 4 is 46.2 Å². The molecule has 0 aliphatic carbocycles. The Morgan fingerprint density at radius 3 is 2.25 bits per heavy atom. The molecule has 0 aromatic heterocycles. The van der Waals surface area contributed by atoms with E-state index in [2.05, 4.69) is 10.6 Å². The summed E-state index contributed by atoms with van der Waals surface area (Å²) in [6.07, 6.45) is 0. The van der Waals surface area contributed by atoms with E-state index in [1.807, 2.05) is 42.5 Å². The number of hydrogen-bond acceptors (Lipinski definition) is 4. The minimum absolute atomic E-state index is 0.0532. The number of anilines is 1. The Labute approximate surface area is 171 Å². The second kappa shape index (κ2) is 8.60. The fourth-order valence-corrected chi connectivity index (χ4v) is 2.90. The van der Waals surface area contributed by atoms with Crippen LogP contribution in [0.25, 0.3) is 11.1 Å². The van der Waals surface area contributed by atoms with Crippen molar-refractivity contribution in [3.8, 4) is 11.1 Å². The normalized spacial score (nSPS) is 10.2. The van der Waals surface area contributed by atoms with E-state index in [4.69, 9.17) is 23.8 Å². The van der Waals surface area contributed by atoms with Crippen LogP contribution in [0, 0.1) is 10.1 Å². The fourth-order valence-electron chi connectivity index (χ4n) is 2.54. The predicted octanol–water partition coefficient (Wildman–Crippen LogP) is 5.04. The molecule has 2 N–H and O–H groups in total. The summed E-state index contributed by atoms with van der Waals surface area (Å²) in [6.45, 7) is 0. The number of halogens is 1. The van der Waals surface area contributed by atoms with Crippen LogP contribution in [0.5, 0.6) is 0 Å². The van der Waals surface area contributed by atoms with Gasteiger partial charge >= 0.3 is 0 Å². The lowest BCUT2D eigenvalue weighted by Gasteiger charge is -2.10. The standard InChI is InChI=1S/C20H14ClN3O3S/c21-16-10-11-17(18(12-16)24(26)27)22-20(28)23-19(25)15-8-6-14(7-9-15)13-4-2-1-3-5-13/h1-12H,(H2,22,23,25,28). The molecular formula is C20H14ClN3O3S. The second-order valence-corrected chi connectivity index (χ2v) is 6.61. The highest BCUT2D eigenvalue weighted by Gasteiger charge is 2.16. The highest BCUT2D eigenvalue weighted by molar-refractivity contribution is 7.80. The molecule has 0 atom stereocenters. The van der Waals surface area contributed by atoms with Gasteiger partial charge in [-0.2, -0.15) is 0 Å². The molecule has 3 rings (SSSR count). The quantitative estimate of drug-likeness (QED) is 0.357. The van der Waals surface area contributed by atoms with E-state index in [1.165, 1.54) is 18.2 Å². The van der Waals surface area contributed by atoms with Gasteiger partial charge in [-0.3, -0.25) is 20.2 Å². The summed E-state index contributed by atoms with van der Waals surface area (Å²) in [5, 5.41) is 16.5. The number of nitro benzene ring substituents is 1. The molecule has 28 heavy (non-hydrogen) atoms. The van der Waals surface area contributed by atoms with E-state index >= 15 is 0 Å². The van der Waals surface area contributed by atoms with Gasteiger partial charge in [0.25, 0.3) is 11.6 Å². The molecule has 0 unspecified atom stereocenters. The summed E-state index contributed by atoms with van der Waals surface area (Å²) in [6, 6.07) is 20.9. The number of nitrogens with zero attached hydrogens (tertiary/aromatic N) is 1. The predicted molar refractivity (Wildman–Crippen MR) is 114 cm³/mol. The van der Waals surface area contributed by atoms with Gasteiger partial charge in [0.1, 0.15) is 5.69 Å². The van der Waals surface area contributed by atoms with Crippen LogP contribution in [0.2, 0.25) is 5.02 Å². The smallest absolute Gasteiger partial charge is 0.294 e. The summed E-state index contributed by atoms with van der Waals surface area (Å²) in [5.41, 5.74) is 2.33. The van der Waals surface area contributed by atoms with Gasteiger partial charge in [-0.1, -0.05) is 54.1 Å². The van der Waals surface area contributed by atoms with Crippen molar-refractivity contribution in [2.24, 2.45) is 0 Å². The summed E-state index contributed by atoms with van der Waals surface area (Å²) >= 11 is 10.9. The van der Waals surface area contributed by atoms with Crippen LogP contribution in [0.3, 0.4) is 0 Å². The maximum absolute atomic E-state index is 12.4. The van der Waals surface area contributed by atoms with Gasteiger partial charge in [-0.05, 0) is 47.6 Å². The molecule has 6 nitrogen and oxygen atoms in total. The highest BCUT2D eigenvalue weighted by Crippen LogP contribution is 2.27. The Kier molecular flexibility index (Phi) is 5.98. The third-order valence-electron chi connectivity index (χ3n) is 3.89. The number of nitro groups is 1. The number of amides is 1. The van der Waals surface area contributed by atoms with Crippen molar-refractivity contribution in [3.63, 3.8) is 0 Å². The van der Waals surface area contributed by atoms with E-state index in [0.717, 1.165) is 11.1 Å². The first-order chi connectivity index (χ1) is 13.4. The Hall–Kier alpha value is -3.29. The van der Waals surface area contributed by atoms with Crippen LogP contribution in [0.4, 0.5) is 11.4 Å². The molecule has 1 amide bonds. The number of hydrogen-bond donors (Lipinski definition) is 2.